The van der Waals surface area contributed by atoms with Crippen LogP contribution in [0.25, 0.3) is 0 Å². The molecule has 0 atom stereocenters. The highest BCUT2D eigenvalue weighted by Gasteiger charge is 2.10. The zero-order chi connectivity index (χ0) is 10.6. The second-order valence-corrected chi connectivity index (χ2v) is 5.88. The van der Waals surface area contributed by atoms with Gasteiger partial charge < -0.3 is 5.41 Å². The third kappa shape index (κ3) is 22.6. The van der Waals surface area contributed by atoms with Crippen LogP contribution in [-0.4, -0.2) is 5.71 Å². The Bertz CT molecular complexity index is 126. The summed E-state index contributed by atoms with van der Waals surface area (Å²) in [7, 11) is 0. The fraction of sp³-hybridized carbons (Fsp3) is 0.909. The van der Waals surface area contributed by atoms with E-state index in [0.29, 0.717) is 5.41 Å². The second kappa shape index (κ2) is 4.64. The molecule has 1 heteroatoms. The summed E-state index contributed by atoms with van der Waals surface area (Å²) in [6.45, 7) is 16.7. The molecule has 0 unspecified atom stereocenters. The van der Waals surface area contributed by atoms with Gasteiger partial charge in [-0.05, 0) is 17.8 Å². The molecule has 0 aromatic carbocycles. The van der Waals surface area contributed by atoms with E-state index in [2.05, 4.69) is 27.7 Å². The summed E-state index contributed by atoms with van der Waals surface area (Å²) in [4.78, 5) is 0. The van der Waals surface area contributed by atoms with Crippen molar-refractivity contribution in [3.05, 3.63) is 0 Å². The molecule has 0 aromatic rings. The van der Waals surface area contributed by atoms with Gasteiger partial charge >= 0.3 is 0 Å². The number of nitrogens with one attached hydrogen (secondary N) is 1. The SMILES string of the molecule is CC(=N)C(C)(C)C.CC(C)(C)C. The number of hydrogen-bond donors (Lipinski definition) is 1. The summed E-state index contributed by atoms with van der Waals surface area (Å²) >= 11 is 0. The van der Waals surface area contributed by atoms with Crippen molar-refractivity contribution in [3.63, 3.8) is 0 Å². The third-order valence-electron chi connectivity index (χ3n) is 1.12. The van der Waals surface area contributed by atoms with Gasteiger partial charge in [0.1, 0.15) is 0 Å². The highest BCUT2D eigenvalue weighted by Crippen LogP contribution is 2.13. The van der Waals surface area contributed by atoms with Crippen molar-refractivity contribution in [1.29, 1.82) is 5.41 Å². The van der Waals surface area contributed by atoms with Gasteiger partial charge in [0.15, 0.2) is 0 Å². The molecule has 0 saturated carbocycles. The molecule has 0 heterocycles. The van der Waals surface area contributed by atoms with E-state index in [0.717, 1.165) is 5.71 Å². The minimum Gasteiger partial charge on any atom is -0.309 e. The summed E-state index contributed by atoms with van der Waals surface area (Å²) in [5.41, 5.74) is 1.33. The highest BCUT2D eigenvalue weighted by molar-refractivity contribution is 5.83. The van der Waals surface area contributed by atoms with Gasteiger partial charge in [-0.2, -0.15) is 0 Å². The van der Waals surface area contributed by atoms with E-state index in [1.165, 1.54) is 0 Å². The Balaban J connectivity index is 0. The molecule has 12 heavy (non-hydrogen) atoms. The van der Waals surface area contributed by atoms with Crippen LogP contribution in [0, 0.1) is 16.2 Å². The van der Waals surface area contributed by atoms with Gasteiger partial charge in [0.25, 0.3) is 0 Å². The average molecular weight is 171 g/mol. The van der Waals surface area contributed by atoms with Gasteiger partial charge in [0.2, 0.25) is 0 Å². The van der Waals surface area contributed by atoms with Crippen molar-refractivity contribution < 1.29 is 0 Å². The van der Waals surface area contributed by atoms with Crippen LogP contribution in [0.3, 0.4) is 0 Å². The van der Waals surface area contributed by atoms with Gasteiger partial charge in [-0.15, -0.1) is 0 Å². The van der Waals surface area contributed by atoms with E-state index < -0.39 is 0 Å². The molecule has 0 aromatic heterocycles. The lowest BCUT2D eigenvalue weighted by atomic mass is 9.91. The standard InChI is InChI=1S/C6H13N.C5H12/c1-5(7)6(2,3)4;1-5(2,3)4/h7H,1-4H3;1-4H3. The molecule has 1 nitrogen and oxygen atoms in total. The Morgan fingerprint density at radius 2 is 0.917 bits per heavy atom. The maximum atomic E-state index is 7.15. The molecule has 0 radical (unpaired) electrons. The largest absolute Gasteiger partial charge is 0.309 e. The summed E-state index contributed by atoms with van der Waals surface area (Å²) in [5.74, 6) is 0. The normalized spacial score (nSPS) is 11.7. The Hall–Kier alpha value is -0.330. The molecule has 0 aliphatic carbocycles. The topological polar surface area (TPSA) is 23.9 Å². The molecular formula is C11H25N. The molecular weight excluding hydrogens is 146 g/mol. The molecule has 0 spiro atoms. The van der Waals surface area contributed by atoms with Gasteiger partial charge in [0.05, 0.1) is 0 Å². The third-order valence-corrected chi connectivity index (χ3v) is 1.12. The molecule has 0 amide bonds. The molecule has 1 N–H and O–H groups in total. The Kier molecular flexibility index (Phi) is 5.49. The van der Waals surface area contributed by atoms with E-state index in [9.17, 15) is 0 Å². The number of hydrogen-bond acceptors (Lipinski definition) is 1. The minimum absolute atomic E-state index is 0.0833. The summed E-state index contributed by atoms with van der Waals surface area (Å²) in [5, 5.41) is 7.15. The van der Waals surface area contributed by atoms with Gasteiger partial charge in [-0.3, -0.25) is 0 Å². The fourth-order valence-electron chi connectivity index (χ4n) is 0. The molecule has 0 saturated heterocycles. The lowest BCUT2D eigenvalue weighted by Crippen LogP contribution is -2.14. The maximum Gasteiger partial charge on any atom is 0.0112 e. The lowest BCUT2D eigenvalue weighted by molar-refractivity contribution is 0.469. The zero-order valence-electron chi connectivity index (χ0n) is 10.0. The Morgan fingerprint density at radius 1 is 0.833 bits per heavy atom. The van der Waals surface area contributed by atoms with Crippen molar-refractivity contribution in [1.82, 2.24) is 0 Å². The Morgan fingerprint density at radius 3 is 0.917 bits per heavy atom. The predicted molar refractivity (Wildman–Crippen MR) is 58.0 cm³/mol. The minimum atomic E-state index is 0.0833. The van der Waals surface area contributed by atoms with Crippen LogP contribution in [0.1, 0.15) is 55.4 Å². The van der Waals surface area contributed by atoms with Crippen LogP contribution in [0.4, 0.5) is 0 Å². The predicted octanol–water partition coefficient (Wildman–Crippen LogP) is 4.12. The van der Waals surface area contributed by atoms with Crippen molar-refractivity contribution in [2.24, 2.45) is 10.8 Å². The van der Waals surface area contributed by atoms with E-state index in [1.807, 2.05) is 27.7 Å². The number of rotatable bonds is 0. The fourth-order valence-corrected chi connectivity index (χ4v) is 0. The highest BCUT2D eigenvalue weighted by atomic mass is 14.4. The van der Waals surface area contributed by atoms with Crippen LogP contribution >= 0.6 is 0 Å². The van der Waals surface area contributed by atoms with Crippen LogP contribution in [-0.2, 0) is 0 Å². The van der Waals surface area contributed by atoms with Crippen molar-refractivity contribution in [3.8, 4) is 0 Å². The van der Waals surface area contributed by atoms with Crippen molar-refractivity contribution in [2.45, 2.75) is 55.4 Å². The van der Waals surface area contributed by atoms with Crippen LogP contribution in [0.15, 0.2) is 0 Å². The van der Waals surface area contributed by atoms with Crippen LogP contribution < -0.4 is 0 Å². The first-order valence-corrected chi connectivity index (χ1v) is 4.50. The molecule has 0 bridgehead atoms. The lowest BCUT2D eigenvalue weighted by Gasteiger charge is -2.14. The van der Waals surface area contributed by atoms with Crippen LogP contribution in [0.5, 0.6) is 0 Å². The molecule has 0 aliphatic heterocycles. The smallest absolute Gasteiger partial charge is 0.0112 e. The van der Waals surface area contributed by atoms with Crippen molar-refractivity contribution in [2.75, 3.05) is 0 Å². The quantitative estimate of drug-likeness (QED) is 0.530. The molecule has 0 rings (SSSR count). The van der Waals surface area contributed by atoms with E-state index in [4.69, 9.17) is 5.41 Å². The first-order valence-electron chi connectivity index (χ1n) is 4.50. The Labute approximate surface area is 78.1 Å². The average Bonchev–Trinajstić information content (AvgIpc) is 1.55. The van der Waals surface area contributed by atoms with E-state index in [-0.39, 0.29) is 5.41 Å². The second-order valence-electron chi connectivity index (χ2n) is 5.88. The molecule has 0 aliphatic rings. The van der Waals surface area contributed by atoms with E-state index >= 15 is 0 Å². The van der Waals surface area contributed by atoms with Gasteiger partial charge in [-0.25, -0.2) is 0 Å². The van der Waals surface area contributed by atoms with Crippen molar-refractivity contribution >= 4 is 5.71 Å². The van der Waals surface area contributed by atoms with E-state index in [1.54, 1.807) is 0 Å². The van der Waals surface area contributed by atoms with Gasteiger partial charge in [-0.1, -0.05) is 48.5 Å². The first-order chi connectivity index (χ1) is 4.94. The summed E-state index contributed by atoms with van der Waals surface area (Å²) in [6.07, 6.45) is 0. The maximum absolute atomic E-state index is 7.15. The van der Waals surface area contributed by atoms with Crippen LogP contribution in [0.2, 0.25) is 0 Å². The molecule has 74 valence electrons. The zero-order valence-corrected chi connectivity index (χ0v) is 10.0. The summed E-state index contributed by atoms with van der Waals surface area (Å²) < 4.78 is 0. The molecule has 0 fully saturated rings. The summed E-state index contributed by atoms with van der Waals surface area (Å²) in [6, 6.07) is 0. The monoisotopic (exact) mass is 171 g/mol. The first kappa shape index (κ1) is 14.2. The van der Waals surface area contributed by atoms with Gasteiger partial charge in [0, 0.05) is 5.71 Å².